The van der Waals surface area contributed by atoms with E-state index in [1.807, 2.05) is 6.26 Å². The molecule has 11 heavy (non-hydrogen) atoms. The van der Waals surface area contributed by atoms with Crippen LogP contribution in [-0.4, -0.2) is 29.1 Å². The first-order valence-electron chi connectivity index (χ1n) is 3.08. The molecule has 0 saturated heterocycles. The van der Waals surface area contributed by atoms with Gasteiger partial charge in [-0.3, -0.25) is 0 Å². The second-order valence-electron chi connectivity index (χ2n) is 1.93. The van der Waals surface area contributed by atoms with Gasteiger partial charge in [-0.25, -0.2) is 4.79 Å². The highest BCUT2D eigenvalue weighted by Crippen LogP contribution is 1.99. The molecule has 0 aliphatic heterocycles. The molecule has 0 aliphatic carbocycles. The van der Waals surface area contributed by atoms with Crippen molar-refractivity contribution in [1.29, 1.82) is 5.26 Å². The Kier molecular flexibility index (Phi) is 5.39. The van der Waals surface area contributed by atoms with Gasteiger partial charge < -0.3 is 10.4 Å². The van der Waals surface area contributed by atoms with E-state index in [9.17, 15) is 4.79 Å². The molecule has 0 amide bonds. The normalized spacial score (nSPS) is 11.6. The zero-order chi connectivity index (χ0) is 8.69. The number of aliphatic carboxylic acids is 1. The van der Waals surface area contributed by atoms with E-state index in [2.05, 4.69) is 5.32 Å². The molecule has 0 saturated carbocycles. The molecule has 0 aromatic carbocycles. The first-order valence-corrected chi connectivity index (χ1v) is 4.48. The fourth-order valence-electron chi connectivity index (χ4n) is 0.571. The molecule has 0 heterocycles. The number of nitrogens with zero attached hydrogens (tertiary/aromatic N) is 1. The molecule has 62 valence electrons. The highest BCUT2D eigenvalue weighted by Gasteiger charge is 2.14. The number of nitriles is 1. The summed E-state index contributed by atoms with van der Waals surface area (Å²) in [6.45, 7) is 0. The Morgan fingerprint density at radius 3 is 2.91 bits per heavy atom. The molecule has 5 heteroatoms. The van der Waals surface area contributed by atoms with Crippen LogP contribution in [-0.2, 0) is 4.79 Å². The number of hydrogen-bond donors (Lipinski definition) is 2. The lowest BCUT2D eigenvalue weighted by Gasteiger charge is -2.07. The van der Waals surface area contributed by atoms with Crippen LogP contribution >= 0.6 is 11.8 Å². The largest absolute Gasteiger partial charge is 0.480 e. The molecule has 0 bridgehead atoms. The minimum atomic E-state index is -0.972. The third-order valence-electron chi connectivity index (χ3n) is 1.15. The van der Waals surface area contributed by atoms with Crippen LogP contribution in [0.15, 0.2) is 0 Å². The predicted octanol–water partition coefficient (Wildman–Crippen LogP) is 0.263. The minimum Gasteiger partial charge on any atom is -0.480 e. The molecule has 0 aliphatic rings. The van der Waals surface area contributed by atoms with Crippen molar-refractivity contribution >= 4 is 17.7 Å². The number of nitrogens with one attached hydrogen (secondary N) is 1. The van der Waals surface area contributed by atoms with E-state index in [1.54, 1.807) is 18.0 Å². The monoisotopic (exact) mass is 174 g/mol. The Morgan fingerprint density at radius 1 is 1.91 bits per heavy atom. The molecule has 0 aromatic rings. The molecule has 1 unspecified atom stereocenters. The van der Waals surface area contributed by atoms with Gasteiger partial charge in [-0.05, 0) is 18.4 Å². The van der Waals surface area contributed by atoms with E-state index < -0.39 is 12.0 Å². The summed E-state index contributed by atoms with van der Waals surface area (Å²) in [5.74, 6) is -0.230. The van der Waals surface area contributed by atoms with E-state index in [0.29, 0.717) is 6.42 Å². The fraction of sp³-hybridized carbons (Fsp3) is 0.667. The number of carboxylic acids is 1. The van der Waals surface area contributed by atoms with Crippen LogP contribution in [0.3, 0.4) is 0 Å². The minimum absolute atomic E-state index is 0.476. The van der Waals surface area contributed by atoms with Crippen molar-refractivity contribution < 1.29 is 9.90 Å². The van der Waals surface area contributed by atoms with E-state index in [4.69, 9.17) is 10.4 Å². The quantitative estimate of drug-likeness (QED) is 0.462. The average molecular weight is 174 g/mol. The zero-order valence-electron chi connectivity index (χ0n) is 6.20. The van der Waals surface area contributed by atoms with Crippen LogP contribution in [0.25, 0.3) is 0 Å². The summed E-state index contributed by atoms with van der Waals surface area (Å²) in [5.41, 5.74) is 0. The summed E-state index contributed by atoms with van der Waals surface area (Å²) in [6, 6.07) is -0.729. The third-order valence-corrected chi connectivity index (χ3v) is 1.79. The molecule has 0 aromatic heterocycles. The third kappa shape index (κ3) is 4.51. The SMILES string of the molecule is CSCCC(NC#N)C(=O)O. The summed E-state index contributed by atoms with van der Waals surface area (Å²) in [5, 5.41) is 18.9. The average Bonchev–Trinajstić information content (AvgIpc) is 1.97. The first kappa shape index (κ1) is 10.1. The topological polar surface area (TPSA) is 73.1 Å². The molecule has 0 radical (unpaired) electrons. The Balaban J connectivity index is 3.72. The van der Waals surface area contributed by atoms with Crippen molar-refractivity contribution in [3.05, 3.63) is 0 Å². The van der Waals surface area contributed by atoms with Gasteiger partial charge in [0.15, 0.2) is 6.19 Å². The van der Waals surface area contributed by atoms with Crippen molar-refractivity contribution in [1.82, 2.24) is 5.32 Å². The summed E-state index contributed by atoms with van der Waals surface area (Å²) in [6.07, 6.45) is 3.99. The Hall–Kier alpha value is -0.890. The van der Waals surface area contributed by atoms with E-state index in [0.717, 1.165) is 5.75 Å². The number of carbonyl (C=O) groups is 1. The van der Waals surface area contributed by atoms with Crippen LogP contribution in [0.2, 0.25) is 0 Å². The van der Waals surface area contributed by atoms with Crippen LogP contribution in [0.5, 0.6) is 0 Å². The number of hydrogen-bond acceptors (Lipinski definition) is 4. The highest BCUT2D eigenvalue weighted by atomic mass is 32.2. The molecule has 4 nitrogen and oxygen atoms in total. The first-order chi connectivity index (χ1) is 5.22. The molecule has 0 rings (SSSR count). The predicted molar refractivity (Wildman–Crippen MR) is 43.2 cm³/mol. The lowest BCUT2D eigenvalue weighted by Crippen LogP contribution is -2.33. The maximum Gasteiger partial charge on any atom is 0.326 e. The van der Waals surface area contributed by atoms with Crippen molar-refractivity contribution in [2.45, 2.75) is 12.5 Å². The smallest absolute Gasteiger partial charge is 0.326 e. The van der Waals surface area contributed by atoms with E-state index >= 15 is 0 Å². The molecule has 2 N–H and O–H groups in total. The van der Waals surface area contributed by atoms with Crippen molar-refractivity contribution in [3.8, 4) is 6.19 Å². The van der Waals surface area contributed by atoms with Gasteiger partial charge in [0.1, 0.15) is 6.04 Å². The maximum absolute atomic E-state index is 10.4. The van der Waals surface area contributed by atoms with Crippen LogP contribution in [0.4, 0.5) is 0 Å². The number of rotatable bonds is 5. The number of thioether (sulfide) groups is 1. The zero-order valence-corrected chi connectivity index (χ0v) is 7.02. The fourth-order valence-corrected chi connectivity index (χ4v) is 1.04. The van der Waals surface area contributed by atoms with Crippen molar-refractivity contribution in [3.63, 3.8) is 0 Å². The maximum atomic E-state index is 10.4. The van der Waals surface area contributed by atoms with Gasteiger partial charge in [0, 0.05) is 0 Å². The number of carboxylic acid groups (broad SMARTS) is 1. The Labute approximate surface area is 69.6 Å². The molecule has 1 atom stereocenters. The molecule has 0 spiro atoms. The summed E-state index contributed by atoms with van der Waals surface area (Å²) in [4.78, 5) is 10.4. The second kappa shape index (κ2) is 5.86. The van der Waals surface area contributed by atoms with Gasteiger partial charge in [-0.15, -0.1) is 0 Å². The Bertz CT molecular complexity index is 166. The van der Waals surface area contributed by atoms with Crippen molar-refractivity contribution in [2.75, 3.05) is 12.0 Å². The van der Waals surface area contributed by atoms with Gasteiger partial charge in [0.25, 0.3) is 0 Å². The molecule has 0 fully saturated rings. The Morgan fingerprint density at radius 2 is 2.55 bits per heavy atom. The van der Waals surface area contributed by atoms with E-state index in [1.165, 1.54) is 0 Å². The van der Waals surface area contributed by atoms with Gasteiger partial charge in [-0.2, -0.15) is 17.0 Å². The summed E-state index contributed by atoms with van der Waals surface area (Å²) >= 11 is 1.56. The van der Waals surface area contributed by atoms with Gasteiger partial charge in [0.05, 0.1) is 0 Å². The standard InChI is InChI=1S/C6H10N2O2S/c1-11-3-2-5(6(9)10)8-4-7/h5,8H,2-3H2,1H3,(H,9,10). The lowest BCUT2D eigenvalue weighted by atomic mass is 10.2. The van der Waals surface area contributed by atoms with Gasteiger partial charge in [-0.1, -0.05) is 0 Å². The van der Waals surface area contributed by atoms with Gasteiger partial charge in [0.2, 0.25) is 0 Å². The van der Waals surface area contributed by atoms with Crippen LogP contribution in [0.1, 0.15) is 6.42 Å². The van der Waals surface area contributed by atoms with Crippen LogP contribution < -0.4 is 5.32 Å². The molecular formula is C6H10N2O2S. The highest BCUT2D eigenvalue weighted by molar-refractivity contribution is 7.98. The van der Waals surface area contributed by atoms with Crippen LogP contribution in [0, 0.1) is 11.5 Å². The second-order valence-corrected chi connectivity index (χ2v) is 2.91. The molecular weight excluding hydrogens is 164 g/mol. The summed E-state index contributed by atoms with van der Waals surface area (Å²) < 4.78 is 0. The summed E-state index contributed by atoms with van der Waals surface area (Å²) in [7, 11) is 0. The lowest BCUT2D eigenvalue weighted by molar-refractivity contribution is -0.139. The van der Waals surface area contributed by atoms with E-state index in [-0.39, 0.29) is 0 Å². The van der Waals surface area contributed by atoms with Crippen molar-refractivity contribution in [2.24, 2.45) is 0 Å². The van der Waals surface area contributed by atoms with Gasteiger partial charge >= 0.3 is 5.97 Å².